The van der Waals surface area contributed by atoms with Crippen LogP contribution in [-0.2, 0) is 9.59 Å². The molecule has 0 aromatic heterocycles. The Kier molecular flexibility index (Phi) is 3.59. The Hall–Kier alpha value is -1.20. The number of nitrogens with one attached hydrogen (secondary N) is 2. The van der Waals surface area contributed by atoms with E-state index >= 15 is 0 Å². The monoisotopic (exact) mass is 296 g/mol. The number of hydrogen-bond acceptors (Lipinski definition) is 3. The van der Waals surface area contributed by atoms with E-state index in [2.05, 4.69) is 26.6 Å². The van der Waals surface area contributed by atoms with Gasteiger partial charge in [0.25, 0.3) is 0 Å². The van der Waals surface area contributed by atoms with Gasteiger partial charge in [-0.3, -0.25) is 20.2 Å². The SMILES string of the molecule is C[C@@H](NC1CC(=O)NC1=O)c1ccccc1Br. The van der Waals surface area contributed by atoms with E-state index in [-0.39, 0.29) is 24.3 Å². The molecule has 0 spiro atoms. The summed E-state index contributed by atoms with van der Waals surface area (Å²) in [7, 11) is 0. The summed E-state index contributed by atoms with van der Waals surface area (Å²) in [6.45, 7) is 1.97. The van der Waals surface area contributed by atoms with E-state index < -0.39 is 6.04 Å². The van der Waals surface area contributed by atoms with Gasteiger partial charge < -0.3 is 0 Å². The van der Waals surface area contributed by atoms with Crippen LogP contribution in [0.25, 0.3) is 0 Å². The van der Waals surface area contributed by atoms with Crippen molar-refractivity contribution in [1.29, 1.82) is 0 Å². The average Bonchev–Trinajstić information content (AvgIpc) is 2.58. The van der Waals surface area contributed by atoms with Crippen LogP contribution in [0.15, 0.2) is 28.7 Å². The third kappa shape index (κ3) is 2.73. The molecule has 1 heterocycles. The third-order valence-electron chi connectivity index (χ3n) is 2.79. The van der Waals surface area contributed by atoms with E-state index in [0.29, 0.717) is 0 Å². The summed E-state index contributed by atoms with van der Waals surface area (Å²) < 4.78 is 0.990. The van der Waals surface area contributed by atoms with Crippen LogP contribution in [0, 0.1) is 0 Å². The minimum atomic E-state index is -0.426. The Labute approximate surface area is 108 Å². The second-order valence-corrected chi connectivity index (χ2v) is 4.93. The maximum absolute atomic E-state index is 11.4. The van der Waals surface area contributed by atoms with Gasteiger partial charge in [-0.25, -0.2) is 0 Å². The van der Waals surface area contributed by atoms with Crippen LogP contribution in [0.5, 0.6) is 0 Å². The molecule has 17 heavy (non-hydrogen) atoms. The van der Waals surface area contributed by atoms with Crippen LogP contribution >= 0.6 is 15.9 Å². The first-order valence-electron chi connectivity index (χ1n) is 5.42. The summed E-state index contributed by atoms with van der Waals surface area (Å²) >= 11 is 3.47. The minimum absolute atomic E-state index is 0.00669. The molecule has 2 amide bonds. The lowest BCUT2D eigenvalue weighted by Crippen LogP contribution is -2.37. The molecule has 5 heteroatoms. The van der Waals surface area contributed by atoms with E-state index in [4.69, 9.17) is 0 Å². The Morgan fingerprint density at radius 3 is 2.71 bits per heavy atom. The number of benzene rings is 1. The van der Waals surface area contributed by atoms with Crippen molar-refractivity contribution in [3.63, 3.8) is 0 Å². The van der Waals surface area contributed by atoms with Gasteiger partial charge in [0.1, 0.15) is 0 Å². The average molecular weight is 297 g/mol. The highest BCUT2D eigenvalue weighted by Crippen LogP contribution is 2.23. The molecule has 0 radical (unpaired) electrons. The topological polar surface area (TPSA) is 58.2 Å². The predicted molar refractivity (Wildman–Crippen MR) is 67.2 cm³/mol. The number of halogens is 1. The molecule has 1 aliphatic rings. The third-order valence-corrected chi connectivity index (χ3v) is 3.51. The van der Waals surface area contributed by atoms with Crippen molar-refractivity contribution in [1.82, 2.24) is 10.6 Å². The molecular formula is C12H13BrN2O2. The van der Waals surface area contributed by atoms with E-state index in [1.807, 2.05) is 31.2 Å². The maximum Gasteiger partial charge on any atom is 0.244 e. The fourth-order valence-electron chi connectivity index (χ4n) is 1.91. The molecule has 1 unspecified atom stereocenters. The highest BCUT2D eigenvalue weighted by atomic mass is 79.9. The molecule has 1 fully saturated rings. The van der Waals surface area contributed by atoms with Gasteiger partial charge in [0.2, 0.25) is 11.8 Å². The Bertz CT molecular complexity index is 462. The minimum Gasteiger partial charge on any atom is -0.299 e. The number of rotatable bonds is 3. The van der Waals surface area contributed by atoms with Gasteiger partial charge in [0.15, 0.2) is 0 Å². The van der Waals surface area contributed by atoms with Crippen LogP contribution in [0.3, 0.4) is 0 Å². The van der Waals surface area contributed by atoms with Crippen LogP contribution in [0.2, 0.25) is 0 Å². The van der Waals surface area contributed by atoms with Crippen molar-refractivity contribution in [3.05, 3.63) is 34.3 Å². The Morgan fingerprint density at radius 1 is 1.41 bits per heavy atom. The normalized spacial score (nSPS) is 21.4. The summed E-state index contributed by atoms with van der Waals surface area (Å²) in [5.74, 6) is -0.458. The zero-order valence-electron chi connectivity index (χ0n) is 9.37. The van der Waals surface area contributed by atoms with Gasteiger partial charge in [-0.1, -0.05) is 34.1 Å². The summed E-state index contributed by atoms with van der Waals surface area (Å²) in [6, 6.07) is 7.39. The molecule has 2 atom stereocenters. The quantitative estimate of drug-likeness (QED) is 0.832. The van der Waals surface area contributed by atoms with E-state index in [1.165, 1.54) is 0 Å². The summed E-state index contributed by atoms with van der Waals surface area (Å²) in [5.41, 5.74) is 1.07. The smallest absolute Gasteiger partial charge is 0.244 e. The second kappa shape index (κ2) is 4.98. The molecule has 1 aliphatic heterocycles. The van der Waals surface area contributed by atoms with Crippen LogP contribution in [0.4, 0.5) is 0 Å². The molecule has 90 valence electrons. The van der Waals surface area contributed by atoms with E-state index in [1.54, 1.807) is 0 Å². The summed E-state index contributed by atoms with van der Waals surface area (Å²) in [6.07, 6.45) is 0.216. The largest absolute Gasteiger partial charge is 0.299 e. The van der Waals surface area contributed by atoms with Crippen molar-refractivity contribution < 1.29 is 9.59 Å². The molecule has 1 aromatic rings. The number of imide groups is 1. The first-order valence-corrected chi connectivity index (χ1v) is 6.21. The summed E-state index contributed by atoms with van der Waals surface area (Å²) in [4.78, 5) is 22.5. The number of carbonyl (C=O) groups is 2. The molecule has 1 aromatic carbocycles. The fourth-order valence-corrected chi connectivity index (χ4v) is 2.53. The molecular weight excluding hydrogens is 284 g/mol. The van der Waals surface area contributed by atoms with Crippen molar-refractivity contribution in [2.45, 2.75) is 25.4 Å². The molecule has 4 nitrogen and oxygen atoms in total. The Balaban J connectivity index is 2.07. The van der Waals surface area contributed by atoms with E-state index in [9.17, 15) is 9.59 Å². The van der Waals surface area contributed by atoms with Crippen molar-refractivity contribution >= 4 is 27.7 Å². The maximum atomic E-state index is 11.4. The Morgan fingerprint density at radius 2 is 2.12 bits per heavy atom. The number of hydrogen-bond donors (Lipinski definition) is 2. The first-order chi connectivity index (χ1) is 8.08. The van der Waals surface area contributed by atoms with Crippen molar-refractivity contribution in [2.24, 2.45) is 0 Å². The van der Waals surface area contributed by atoms with Gasteiger partial charge in [0, 0.05) is 10.5 Å². The fraction of sp³-hybridized carbons (Fsp3) is 0.333. The van der Waals surface area contributed by atoms with Crippen molar-refractivity contribution in [2.75, 3.05) is 0 Å². The molecule has 0 aliphatic carbocycles. The predicted octanol–water partition coefficient (Wildman–Crippen LogP) is 1.51. The van der Waals surface area contributed by atoms with Gasteiger partial charge >= 0.3 is 0 Å². The lowest BCUT2D eigenvalue weighted by Gasteiger charge is -2.18. The van der Waals surface area contributed by atoms with Gasteiger partial charge in [0.05, 0.1) is 12.5 Å². The standard InChI is InChI=1S/C12H13BrN2O2/c1-7(8-4-2-3-5-9(8)13)14-10-6-11(16)15-12(10)17/h2-5,7,10,14H,6H2,1H3,(H,15,16,17)/t7-,10?/m1/s1. The van der Waals surface area contributed by atoms with Gasteiger partial charge in [-0.05, 0) is 18.6 Å². The number of carbonyl (C=O) groups excluding carboxylic acids is 2. The van der Waals surface area contributed by atoms with Gasteiger partial charge in [-0.2, -0.15) is 0 Å². The molecule has 2 N–H and O–H groups in total. The molecule has 0 saturated carbocycles. The van der Waals surface area contributed by atoms with E-state index in [0.717, 1.165) is 10.0 Å². The van der Waals surface area contributed by atoms with Crippen LogP contribution < -0.4 is 10.6 Å². The second-order valence-electron chi connectivity index (χ2n) is 4.08. The number of amides is 2. The summed E-state index contributed by atoms with van der Waals surface area (Å²) in [5, 5.41) is 5.44. The van der Waals surface area contributed by atoms with Crippen LogP contribution in [-0.4, -0.2) is 17.9 Å². The van der Waals surface area contributed by atoms with Crippen molar-refractivity contribution in [3.8, 4) is 0 Å². The van der Waals surface area contributed by atoms with Gasteiger partial charge in [-0.15, -0.1) is 0 Å². The molecule has 0 bridgehead atoms. The highest BCUT2D eigenvalue weighted by molar-refractivity contribution is 9.10. The highest BCUT2D eigenvalue weighted by Gasteiger charge is 2.31. The van der Waals surface area contributed by atoms with Crippen LogP contribution in [0.1, 0.15) is 24.9 Å². The zero-order chi connectivity index (χ0) is 12.4. The lowest BCUT2D eigenvalue weighted by molar-refractivity contribution is -0.125. The molecule has 1 saturated heterocycles. The first kappa shape index (κ1) is 12.3. The lowest BCUT2D eigenvalue weighted by atomic mass is 10.1. The zero-order valence-corrected chi connectivity index (χ0v) is 11.0. The molecule has 2 rings (SSSR count).